The van der Waals surface area contributed by atoms with Crippen molar-refractivity contribution in [1.29, 1.82) is 0 Å². The fraction of sp³-hybridized carbons (Fsp3) is 0.257. The Morgan fingerprint density at radius 2 is 0.621 bits per heavy atom. The van der Waals surface area contributed by atoms with Crippen LogP contribution in [0.1, 0.15) is 198 Å². The summed E-state index contributed by atoms with van der Waals surface area (Å²) in [5.74, 6) is -0.810. The Morgan fingerprint density at radius 1 is 0.267 bits per heavy atom. The number of nitrogens with zero attached hydrogens (tertiary/aromatic N) is 6. The highest BCUT2D eigenvalue weighted by atomic mass is 15.2. The Labute approximate surface area is 703 Å². The molecule has 13 aromatic carbocycles. The lowest BCUT2D eigenvalue weighted by atomic mass is 9.33. The van der Waals surface area contributed by atoms with Gasteiger partial charge in [-0.25, -0.2) is 15.0 Å². The lowest BCUT2D eigenvalue weighted by Crippen LogP contribution is -2.61. The molecule has 0 aliphatic carbocycles. The summed E-state index contributed by atoms with van der Waals surface area (Å²) in [4.78, 5) is 20.8. The third-order valence-corrected chi connectivity index (χ3v) is 23.7. The highest BCUT2D eigenvalue weighted by molar-refractivity contribution is 7.00. The van der Waals surface area contributed by atoms with Crippen LogP contribution >= 0.6 is 0 Å². The topological polar surface area (TPSA) is 50.1 Å². The van der Waals surface area contributed by atoms with Crippen LogP contribution in [0.25, 0.3) is 106 Å². The van der Waals surface area contributed by atoms with Crippen molar-refractivity contribution in [3.63, 3.8) is 0 Å². The predicted molar refractivity (Wildman–Crippen MR) is 497 cm³/mol. The van der Waals surface area contributed by atoms with E-state index in [4.69, 9.17) is 17.7 Å². The van der Waals surface area contributed by atoms with Gasteiger partial charge in [-0.3, -0.25) is 0 Å². The molecular weight excluding hydrogens is 1400 g/mol. The molecule has 15 aromatic rings. The summed E-state index contributed by atoms with van der Waals surface area (Å²) in [7, 11) is 0. The molecule has 0 fully saturated rings. The minimum absolute atomic E-state index is 0.0668. The van der Waals surface area contributed by atoms with Crippen molar-refractivity contribution >= 4 is 79.0 Å². The van der Waals surface area contributed by atoms with Crippen LogP contribution in [-0.2, 0) is 37.9 Å². The van der Waals surface area contributed by atoms with Gasteiger partial charge in [0.15, 0.2) is 17.5 Å². The zero-order valence-corrected chi connectivity index (χ0v) is 71.0. The normalized spacial score (nSPS) is 14.5. The monoisotopic (exact) mass is 1520 g/mol. The van der Waals surface area contributed by atoms with Gasteiger partial charge in [0.2, 0.25) is 0 Å². The average molecular weight is 1520 g/mol. The van der Waals surface area contributed by atoms with Gasteiger partial charge in [0.1, 0.15) is 0 Å². The fourth-order valence-electron chi connectivity index (χ4n) is 16.9. The summed E-state index contributed by atoms with van der Waals surface area (Å²) >= 11 is 0. The van der Waals surface area contributed by atoms with Crippen LogP contribution in [-0.4, -0.2) is 26.2 Å². The first-order valence-corrected chi connectivity index (χ1v) is 40.9. The zero-order valence-electron chi connectivity index (χ0n) is 81.0. The lowest BCUT2D eigenvalue weighted by Gasteiger charge is -2.46. The van der Waals surface area contributed by atoms with E-state index in [2.05, 4.69) is 360 Å². The van der Waals surface area contributed by atoms with Crippen molar-refractivity contribution in [2.75, 3.05) is 9.80 Å². The molecule has 0 N–H and O–H groups in total. The van der Waals surface area contributed by atoms with Crippen LogP contribution in [0.15, 0.2) is 279 Å². The molecule has 0 amide bonds. The number of hydrogen-bond acceptors (Lipinski definition) is 5. The lowest BCUT2D eigenvalue weighted by molar-refractivity contribution is 0.569. The molecule has 0 spiro atoms. The summed E-state index contributed by atoms with van der Waals surface area (Å²) in [5, 5.41) is 2.24. The SMILES string of the molecule is [2H]c1c([2H])c([2H])c(-c2nc(-c3cc(C(C)(C)C)cc(-c4ccccc4)c3N3c4cc(-n5c6ccc(C(C)(C)C)cc6c6cc(C(C)(C)C)ccc65)ccc4B4c5ccc(-c6cc(C(C)(C)C)cc(C(C)(C)C)c6)cc5N(c5c(-c6ccccc6)cc(C(C)(C)C)cc5-c5ccccc5)c5cc(C(C)(C)C)cc3c54)nc(-c3c([2H])c([2H])c([2H])c([2H])c3[2H])n2)c([2H])c1[2H]. The Kier molecular flexibility index (Phi) is 15.9. The number of rotatable bonds is 10. The zero-order chi connectivity index (χ0) is 90.4. The number of fused-ring (bicyclic) bond motifs is 7. The van der Waals surface area contributed by atoms with Gasteiger partial charge in [0, 0.05) is 72.6 Å². The van der Waals surface area contributed by atoms with Gasteiger partial charge in [-0.1, -0.05) is 345 Å². The highest BCUT2D eigenvalue weighted by Gasteiger charge is 2.47. The first-order chi connectivity index (χ1) is 59.1. The van der Waals surface area contributed by atoms with Gasteiger partial charge in [0.05, 0.1) is 36.1 Å². The predicted octanol–water partition coefficient (Wildman–Crippen LogP) is 27.8. The van der Waals surface area contributed by atoms with E-state index in [-0.39, 0.29) is 55.7 Å². The maximum atomic E-state index is 9.68. The van der Waals surface area contributed by atoms with E-state index in [0.29, 0.717) is 11.3 Å². The fourth-order valence-corrected chi connectivity index (χ4v) is 16.9. The molecule has 0 radical (unpaired) electrons. The molecule has 0 unspecified atom stereocenters. The number of aromatic nitrogens is 4. The third-order valence-electron chi connectivity index (χ3n) is 23.7. The number of benzene rings is 13. The Balaban J connectivity index is 1.11. The standard InChI is InChI=1S/C109H109BN6/c1-103(2,3)75-48-53-91-86(59-75)87-60-76(104(4,5)6)49-54-92(87)114(91)82-50-52-90-94(67-82)116(99-85(70-41-31-24-32-42-70)63-80(108(16,17)18)64-88(99)102-112-100(71-43-33-25-34-44-71)111-101(113-102)72-45-35-26-36-46-72)96-66-81(109(19,20)21)65-95-97(96)110(90)89-51-47-73(74-55-77(105(7,8)9)58-78(56-74)106(10,11)12)57-93(89)115(95)98-83(68-37-27-22-28-38-68)61-79(107(13,14)15)62-84(98)69-39-29-23-30-40-69/h22-67H,1-21H3/i25D,26D,33D,34D,35D,36D,43D,44D,45D,46D. The van der Waals surface area contributed by atoms with Crippen molar-refractivity contribution in [1.82, 2.24) is 19.5 Å². The second-order valence-corrected chi connectivity index (χ2v) is 39.1. The van der Waals surface area contributed by atoms with Gasteiger partial charge < -0.3 is 14.4 Å². The quantitative estimate of drug-likeness (QED) is 0.128. The third kappa shape index (κ3) is 14.0. The van der Waals surface area contributed by atoms with Gasteiger partial charge in [0.25, 0.3) is 6.71 Å². The van der Waals surface area contributed by atoms with E-state index in [1.807, 2.05) is 18.2 Å². The van der Waals surface area contributed by atoms with E-state index in [1.54, 1.807) is 0 Å². The molecule has 4 heterocycles. The van der Waals surface area contributed by atoms with Gasteiger partial charge >= 0.3 is 0 Å². The van der Waals surface area contributed by atoms with Crippen molar-refractivity contribution in [2.45, 2.75) is 183 Å². The molecule has 2 aliphatic heterocycles. The summed E-state index contributed by atoms with van der Waals surface area (Å²) < 4.78 is 95.6. The molecule has 6 nitrogen and oxygen atoms in total. The first-order valence-electron chi connectivity index (χ1n) is 45.9. The largest absolute Gasteiger partial charge is 0.310 e. The Hall–Kier alpha value is -11.7. The van der Waals surface area contributed by atoms with E-state index in [1.165, 1.54) is 22.3 Å². The summed E-state index contributed by atoms with van der Waals surface area (Å²) in [6, 6.07) is 74.9. The van der Waals surface area contributed by atoms with Gasteiger partial charge in [-0.05, 0) is 200 Å². The molecular formula is C109H109BN6. The number of hydrogen-bond donors (Lipinski definition) is 0. The maximum Gasteiger partial charge on any atom is 0.252 e. The molecule has 2 aromatic heterocycles. The van der Waals surface area contributed by atoms with Crippen LogP contribution in [0.5, 0.6) is 0 Å². The van der Waals surface area contributed by atoms with Crippen molar-refractivity contribution in [3.05, 3.63) is 318 Å². The second-order valence-electron chi connectivity index (χ2n) is 39.1. The van der Waals surface area contributed by atoms with Crippen molar-refractivity contribution in [3.8, 4) is 84.4 Å². The first kappa shape index (κ1) is 65.6. The summed E-state index contributed by atoms with van der Waals surface area (Å²) in [5.41, 5.74) is 24.3. The average Bonchev–Trinajstić information content (AvgIpc) is 1.22. The van der Waals surface area contributed by atoms with Crippen LogP contribution in [0.4, 0.5) is 34.1 Å². The Bertz CT molecular complexity index is 6700. The summed E-state index contributed by atoms with van der Waals surface area (Å²) in [6.45, 7) is 47.0. The molecule has 578 valence electrons. The molecule has 7 heteroatoms. The molecule has 0 bridgehead atoms. The maximum absolute atomic E-state index is 9.68. The van der Waals surface area contributed by atoms with Crippen molar-refractivity contribution in [2.24, 2.45) is 0 Å². The van der Waals surface area contributed by atoms with E-state index < -0.39 is 78.0 Å². The van der Waals surface area contributed by atoms with E-state index in [9.17, 15) is 11.0 Å². The van der Waals surface area contributed by atoms with Crippen LogP contribution < -0.4 is 26.2 Å². The Morgan fingerprint density at radius 3 is 1.03 bits per heavy atom. The van der Waals surface area contributed by atoms with Crippen LogP contribution in [0.3, 0.4) is 0 Å². The summed E-state index contributed by atoms with van der Waals surface area (Å²) in [6.07, 6.45) is 0. The van der Waals surface area contributed by atoms with Gasteiger partial charge in [-0.2, -0.15) is 0 Å². The number of anilines is 6. The minimum atomic E-state index is -0.640. The molecule has 0 saturated heterocycles. The molecule has 0 atom stereocenters. The molecule has 0 saturated carbocycles. The molecule has 116 heavy (non-hydrogen) atoms. The highest BCUT2D eigenvalue weighted by Crippen LogP contribution is 2.56. The molecule has 17 rings (SSSR count). The van der Waals surface area contributed by atoms with Crippen LogP contribution in [0, 0.1) is 0 Å². The minimum Gasteiger partial charge on any atom is -0.310 e. The smallest absolute Gasteiger partial charge is 0.252 e. The van der Waals surface area contributed by atoms with Crippen LogP contribution in [0.2, 0.25) is 0 Å². The van der Waals surface area contributed by atoms with E-state index in [0.717, 1.165) is 134 Å². The second kappa shape index (κ2) is 28.1. The molecule has 2 aliphatic rings. The van der Waals surface area contributed by atoms with Crippen molar-refractivity contribution < 1.29 is 13.7 Å². The van der Waals surface area contributed by atoms with E-state index >= 15 is 0 Å². The van der Waals surface area contributed by atoms with Gasteiger partial charge in [-0.15, -0.1) is 0 Å².